The van der Waals surface area contributed by atoms with Gasteiger partial charge in [0.1, 0.15) is 6.54 Å². The predicted octanol–water partition coefficient (Wildman–Crippen LogP) is 1.18. The van der Waals surface area contributed by atoms with Crippen molar-refractivity contribution >= 4 is 24.1 Å². The van der Waals surface area contributed by atoms with Crippen LogP contribution in [0.3, 0.4) is 0 Å². The highest BCUT2D eigenvalue weighted by Crippen LogP contribution is 2.27. The number of carbonyl (C=O) groups excluding carboxylic acids is 2. The van der Waals surface area contributed by atoms with Crippen LogP contribution in [0.1, 0.15) is 19.8 Å². The zero-order valence-corrected chi connectivity index (χ0v) is 10.5. The average Bonchev–Trinajstić information content (AvgIpc) is 2.48. The third kappa shape index (κ3) is 2.32. The molecular formula is C10H17N3O2S. The molecule has 2 saturated heterocycles. The molecule has 0 radical (unpaired) electrons. The first-order valence-corrected chi connectivity index (χ1v) is 6.32. The lowest BCUT2D eigenvalue weighted by molar-refractivity contribution is -0.121. The van der Waals surface area contributed by atoms with Gasteiger partial charge in [-0.2, -0.15) is 4.31 Å². The third-order valence-corrected chi connectivity index (χ3v) is 4.16. The second-order valence-electron chi connectivity index (χ2n) is 4.52. The predicted molar refractivity (Wildman–Crippen MR) is 62.4 cm³/mol. The van der Waals surface area contributed by atoms with Gasteiger partial charge in [-0.05, 0) is 18.8 Å². The topological polar surface area (TPSA) is 43.9 Å². The number of hydrogen-bond donors (Lipinski definition) is 0. The van der Waals surface area contributed by atoms with Crippen LogP contribution in [0.5, 0.6) is 0 Å². The Labute approximate surface area is 100 Å². The van der Waals surface area contributed by atoms with Crippen molar-refractivity contribution in [2.45, 2.75) is 19.8 Å². The second kappa shape index (κ2) is 4.63. The highest BCUT2D eigenvalue weighted by Gasteiger charge is 2.36. The monoisotopic (exact) mass is 243 g/mol. The lowest BCUT2D eigenvalue weighted by Gasteiger charge is -2.30. The Morgan fingerprint density at radius 3 is 2.38 bits per heavy atom. The van der Waals surface area contributed by atoms with Crippen LogP contribution >= 0.6 is 12.1 Å². The highest BCUT2D eigenvalue weighted by molar-refractivity contribution is 7.95. The first-order chi connectivity index (χ1) is 7.58. The van der Waals surface area contributed by atoms with Gasteiger partial charge in [0.2, 0.25) is 0 Å². The standard InChI is InChI=1S/C10H17N3O2S/c1-8-3-5-12(6-4-8)16-13-9(14)7-11(2)10(13)15/h8H,3-7H2,1-2H3. The Morgan fingerprint density at radius 1 is 1.25 bits per heavy atom. The van der Waals surface area contributed by atoms with E-state index in [2.05, 4.69) is 11.2 Å². The van der Waals surface area contributed by atoms with Crippen molar-refractivity contribution in [1.82, 2.24) is 13.5 Å². The number of urea groups is 1. The first-order valence-electron chi connectivity index (χ1n) is 5.59. The maximum Gasteiger partial charge on any atom is 0.338 e. The van der Waals surface area contributed by atoms with Crippen LogP contribution < -0.4 is 0 Å². The van der Waals surface area contributed by atoms with Crippen LogP contribution in [-0.2, 0) is 4.79 Å². The van der Waals surface area contributed by atoms with Crippen molar-refractivity contribution in [2.24, 2.45) is 5.92 Å². The second-order valence-corrected chi connectivity index (χ2v) is 5.56. The zero-order chi connectivity index (χ0) is 11.7. The summed E-state index contributed by atoms with van der Waals surface area (Å²) in [5, 5.41) is 0. The van der Waals surface area contributed by atoms with Gasteiger partial charge in [-0.3, -0.25) is 4.79 Å². The fourth-order valence-corrected chi connectivity index (χ4v) is 2.82. The summed E-state index contributed by atoms with van der Waals surface area (Å²) in [6.45, 7) is 4.34. The van der Waals surface area contributed by atoms with E-state index in [0.29, 0.717) is 0 Å². The largest absolute Gasteiger partial charge is 0.338 e. The summed E-state index contributed by atoms with van der Waals surface area (Å²) in [6, 6.07) is -0.200. The number of amides is 3. The van der Waals surface area contributed by atoms with Crippen molar-refractivity contribution in [1.29, 1.82) is 0 Å². The molecule has 0 saturated carbocycles. The number of likely N-dealkylation sites (N-methyl/N-ethyl adjacent to an activating group) is 1. The fraction of sp³-hybridized carbons (Fsp3) is 0.800. The van der Waals surface area contributed by atoms with E-state index in [-0.39, 0.29) is 18.5 Å². The number of hydrogen-bond acceptors (Lipinski definition) is 4. The van der Waals surface area contributed by atoms with Crippen molar-refractivity contribution in [3.05, 3.63) is 0 Å². The molecule has 16 heavy (non-hydrogen) atoms. The number of nitrogens with zero attached hydrogens (tertiary/aromatic N) is 3. The van der Waals surface area contributed by atoms with Gasteiger partial charge in [0.25, 0.3) is 5.91 Å². The molecule has 6 heteroatoms. The van der Waals surface area contributed by atoms with E-state index in [1.54, 1.807) is 7.05 Å². The molecule has 2 rings (SSSR count). The van der Waals surface area contributed by atoms with E-state index >= 15 is 0 Å². The Bertz CT molecular complexity index is 302. The van der Waals surface area contributed by atoms with Crippen LogP contribution in [0.4, 0.5) is 4.79 Å². The summed E-state index contributed by atoms with van der Waals surface area (Å²) in [4.78, 5) is 24.6. The molecule has 0 N–H and O–H groups in total. The van der Waals surface area contributed by atoms with Crippen LogP contribution in [-0.4, -0.2) is 52.1 Å². The minimum absolute atomic E-state index is 0.115. The molecule has 0 unspecified atom stereocenters. The minimum Gasteiger partial charge on any atom is -0.317 e. The molecule has 90 valence electrons. The number of rotatable bonds is 2. The van der Waals surface area contributed by atoms with Crippen LogP contribution in [0.25, 0.3) is 0 Å². The number of carbonyl (C=O) groups is 2. The summed E-state index contributed by atoms with van der Waals surface area (Å²) in [5.41, 5.74) is 0. The maximum absolute atomic E-state index is 11.6. The van der Waals surface area contributed by atoms with Gasteiger partial charge in [-0.1, -0.05) is 6.92 Å². The van der Waals surface area contributed by atoms with Crippen molar-refractivity contribution in [2.75, 3.05) is 26.7 Å². The number of imide groups is 1. The molecule has 2 aliphatic rings. The molecule has 0 aromatic heterocycles. The normalized spacial score (nSPS) is 24.6. The van der Waals surface area contributed by atoms with E-state index < -0.39 is 0 Å². The van der Waals surface area contributed by atoms with Gasteiger partial charge >= 0.3 is 6.03 Å². The van der Waals surface area contributed by atoms with Crippen molar-refractivity contribution in [3.8, 4) is 0 Å². The molecule has 0 spiro atoms. The molecule has 2 aliphatic heterocycles. The van der Waals surface area contributed by atoms with Crippen LogP contribution in [0, 0.1) is 5.92 Å². The molecule has 3 amide bonds. The molecule has 0 aromatic carbocycles. The van der Waals surface area contributed by atoms with E-state index in [0.717, 1.165) is 31.8 Å². The SMILES string of the molecule is CC1CCN(SN2C(=O)CN(C)C2=O)CC1. The van der Waals surface area contributed by atoms with Gasteiger partial charge in [-0.25, -0.2) is 9.10 Å². The molecular weight excluding hydrogens is 226 g/mol. The minimum atomic E-state index is -0.200. The van der Waals surface area contributed by atoms with E-state index in [1.165, 1.54) is 21.3 Å². The summed E-state index contributed by atoms with van der Waals surface area (Å²) >= 11 is 1.28. The summed E-state index contributed by atoms with van der Waals surface area (Å²) in [7, 11) is 1.65. The Hall–Kier alpha value is -0.750. The van der Waals surface area contributed by atoms with Gasteiger partial charge in [0.05, 0.1) is 12.1 Å². The zero-order valence-electron chi connectivity index (χ0n) is 9.68. The molecule has 0 aliphatic carbocycles. The molecule has 5 nitrogen and oxygen atoms in total. The highest BCUT2D eigenvalue weighted by atomic mass is 32.2. The van der Waals surface area contributed by atoms with Crippen LogP contribution in [0.15, 0.2) is 0 Å². The smallest absolute Gasteiger partial charge is 0.317 e. The average molecular weight is 243 g/mol. The summed E-state index contributed by atoms with van der Waals surface area (Å²) in [5.74, 6) is 0.639. The Kier molecular flexibility index (Phi) is 3.39. The van der Waals surface area contributed by atoms with E-state index in [9.17, 15) is 9.59 Å². The van der Waals surface area contributed by atoms with E-state index in [4.69, 9.17) is 0 Å². The number of piperidine rings is 1. The molecule has 0 bridgehead atoms. The Morgan fingerprint density at radius 2 is 1.88 bits per heavy atom. The van der Waals surface area contributed by atoms with Crippen molar-refractivity contribution < 1.29 is 9.59 Å². The van der Waals surface area contributed by atoms with Gasteiger partial charge in [0.15, 0.2) is 0 Å². The van der Waals surface area contributed by atoms with E-state index in [1.807, 2.05) is 0 Å². The van der Waals surface area contributed by atoms with Gasteiger partial charge < -0.3 is 4.90 Å². The van der Waals surface area contributed by atoms with Crippen LogP contribution in [0.2, 0.25) is 0 Å². The lowest BCUT2D eigenvalue weighted by atomic mass is 10.0. The Balaban J connectivity index is 1.90. The summed E-state index contributed by atoms with van der Waals surface area (Å²) in [6.07, 6.45) is 2.28. The van der Waals surface area contributed by atoms with Gasteiger partial charge in [0, 0.05) is 20.1 Å². The summed E-state index contributed by atoms with van der Waals surface area (Å²) < 4.78 is 3.38. The quantitative estimate of drug-likeness (QED) is 0.539. The van der Waals surface area contributed by atoms with Crippen molar-refractivity contribution in [3.63, 3.8) is 0 Å². The maximum atomic E-state index is 11.6. The molecule has 0 atom stereocenters. The molecule has 0 aromatic rings. The molecule has 2 fully saturated rings. The lowest BCUT2D eigenvalue weighted by Crippen LogP contribution is -2.34. The third-order valence-electron chi connectivity index (χ3n) is 3.04. The first kappa shape index (κ1) is 11.7. The molecule has 2 heterocycles. The van der Waals surface area contributed by atoms with Gasteiger partial charge in [-0.15, -0.1) is 0 Å². The fourth-order valence-electron chi connectivity index (χ4n) is 1.86.